The molecule has 0 unspecified atom stereocenters. The first-order chi connectivity index (χ1) is 8.05. The van der Waals surface area contributed by atoms with Crippen molar-refractivity contribution in [2.75, 3.05) is 32.6 Å². The second kappa shape index (κ2) is 6.57. The summed E-state index contributed by atoms with van der Waals surface area (Å²) in [6.07, 6.45) is 1.89. The zero-order valence-electron chi connectivity index (χ0n) is 9.53. The van der Waals surface area contributed by atoms with Gasteiger partial charge in [0, 0.05) is 0 Å². The Morgan fingerprint density at radius 2 is 2.12 bits per heavy atom. The fourth-order valence-corrected chi connectivity index (χ4v) is 1.96. The smallest absolute Gasteiger partial charge is 0.236 e. The average molecular weight is 268 g/mol. The quantitative estimate of drug-likeness (QED) is 0.285. The molecule has 17 heavy (non-hydrogen) atoms. The predicted molar refractivity (Wildman–Crippen MR) is 56.7 cm³/mol. The highest BCUT2D eigenvalue weighted by Gasteiger charge is 2.18. The van der Waals surface area contributed by atoms with Crippen LogP contribution in [0, 0.1) is 5.21 Å². The lowest BCUT2D eigenvalue weighted by molar-refractivity contribution is -0.707. The van der Waals surface area contributed by atoms with Crippen molar-refractivity contribution in [2.45, 2.75) is 12.8 Å². The Balaban J connectivity index is 2.24. The third-order valence-corrected chi connectivity index (χ3v) is 3.23. The maximum atomic E-state index is 11.3. The Morgan fingerprint density at radius 1 is 1.47 bits per heavy atom. The van der Waals surface area contributed by atoms with Gasteiger partial charge in [0.1, 0.15) is 12.4 Å². The van der Waals surface area contributed by atoms with Crippen LogP contribution in [0.5, 0.6) is 0 Å². The van der Waals surface area contributed by atoms with E-state index in [0.29, 0.717) is 18.1 Å². The molecule has 1 heterocycles. The first-order valence-corrected chi connectivity index (χ1v) is 6.78. The molecule has 0 saturated carbocycles. The average Bonchev–Trinajstić information content (AvgIpc) is 2.77. The van der Waals surface area contributed by atoms with Crippen LogP contribution < -0.4 is 4.89 Å². The van der Waals surface area contributed by atoms with E-state index in [1.54, 1.807) is 0 Å². The van der Waals surface area contributed by atoms with Crippen molar-refractivity contribution in [3.63, 3.8) is 0 Å². The zero-order chi connectivity index (χ0) is 12.7. The van der Waals surface area contributed by atoms with Crippen LogP contribution in [0.15, 0.2) is 5.28 Å². The second-order valence-electron chi connectivity index (χ2n) is 3.43. The third kappa shape index (κ3) is 5.15. The summed E-state index contributed by atoms with van der Waals surface area (Å²) in [5, 5.41) is 16.0. The molecule has 0 aliphatic carbocycles. The molecule has 0 aromatic rings. The second-order valence-corrected chi connectivity index (χ2v) is 5.24. The van der Waals surface area contributed by atoms with Crippen molar-refractivity contribution in [2.24, 2.45) is 5.28 Å². The van der Waals surface area contributed by atoms with Gasteiger partial charge in [-0.25, -0.2) is 8.42 Å². The summed E-state index contributed by atoms with van der Waals surface area (Å²) in [5.74, 6) is -0.335. The highest BCUT2D eigenvalue weighted by Crippen LogP contribution is 2.07. The van der Waals surface area contributed by atoms with Crippen LogP contribution in [0.4, 0.5) is 0 Å². The maximum Gasteiger partial charge on any atom is 0.236 e. The monoisotopic (exact) mass is 268 g/mol. The molecule has 0 atom stereocenters. The van der Waals surface area contributed by atoms with Gasteiger partial charge in [-0.1, -0.05) is 4.89 Å². The Morgan fingerprint density at radius 3 is 2.71 bits per heavy atom. The summed E-state index contributed by atoms with van der Waals surface area (Å²) in [7, 11) is -2.35. The number of rotatable bonds is 7. The van der Waals surface area contributed by atoms with Crippen molar-refractivity contribution in [3.05, 3.63) is 5.21 Å². The molecule has 0 aromatic heterocycles. The van der Waals surface area contributed by atoms with E-state index in [9.17, 15) is 13.6 Å². The Bertz CT molecular complexity index is 351. The Kier molecular flexibility index (Phi) is 5.38. The van der Waals surface area contributed by atoms with E-state index in [0.717, 1.165) is 12.8 Å². The number of hydrazine groups is 1. The van der Waals surface area contributed by atoms with Crippen LogP contribution in [0.25, 0.3) is 0 Å². The van der Waals surface area contributed by atoms with Crippen molar-refractivity contribution in [3.8, 4) is 0 Å². The van der Waals surface area contributed by atoms with Gasteiger partial charge in [-0.15, -0.1) is 5.01 Å². The molecule has 0 bridgehead atoms. The minimum atomic E-state index is -3.54. The normalized spacial score (nSPS) is 17.5. The lowest BCUT2D eigenvalue weighted by Crippen LogP contribution is -2.29. The SMILES string of the molecule is CONS(=O)(=O)CCO/N=[N+](\[O-])N1CCCC1. The molecule has 1 N–H and O–H groups in total. The molecule has 0 radical (unpaired) electrons. The molecule has 1 aliphatic rings. The summed E-state index contributed by atoms with van der Waals surface area (Å²) < 4.78 is 22.1. The lowest BCUT2D eigenvalue weighted by atomic mass is 10.4. The van der Waals surface area contributed by atoms with E-state index in [4.69, 9.17) is 0 Å². The molecular formula is C7H16N4O5S. The first-order valence-electron chi connectivity index (χ1n) is 5.12. The molecule has 10 heteroatoms. The molecule has 0 amide bonds. The van der Waals surface area contributed by atoms with E-state index >= 15 is 0 Å². The van der Waals surface area contributed by atoms with Gasteiger partial charge in [0.15, 0.2) is 0 Å². The highest BCUT2D eigenvalue weighted by atomic mass is 32.2. The van der Waals surface area contributed by atoms with E-state index in [-0.39, 0.29) is 12.4 Å². The number of hydrogen-bond acceptors (Lipinski definition) is 6. The maximum absolute atomic E-state index is 11.3. The molecule has 1 aliphatic heterocycles. The van der Waals surface area contributed by atoms with E-state index in [1.807, 2.05) is 4.89 Å². The molecular weight excluding hydrogens is 252 g/mol. The molecule has 1 rings (SSSR count). The number of nitrogens with one attached hydrogen (secondary N) is 1. The highest BCUT2D eigenvalue weighted by molar-refractivity contribution is 7.89. The molecule has 1 saturated heterocycles. The van der Waals surface area contributed by atoms with E-state index in [2.05, 4.69) is 15.0 Å². The van der Waals surface area contributed by atoms with Crippen molar-refractivity contribution < 1.29 is 23.1 Å². The summed E-state index contributed by atoms with van der Waals surface area (Å²) in [6, 6.07) is 0. The lowest BCUT2D eigenvalue weighted by Gasteiger charge is -2.10. The van der Waals surface area contributed by atoms with Gasteiger partial charge in [-0.05, 0) is 12.8 Å². The van der Waals surface area contributed by atoms with Gasteiger partial charge in [0.25, 0.3) is 0 Å². The van der Waals surface area contributed by atoms with Crippen LogP contribution in [-0.2, 0) is 19.7 Å². The van der Waals surface area contributed by atoms with E-state index < -0.39 is 10.0 Å². The summed E-state index contributed by atoms with van der Waals surface area (Å²) in [6.45, 7) is 1.06. The topological polar surface area (TPSA) is 106 Å². The van der Waals surface area contributed by atoms with E-state index in [1.165, 1.54) is 12.1 Å². The molecule has 1 fully saturated rings. The molecule has 100 valence electrons. The van der Waals surface area contributed by atoms with Crippen LogP contribution in [0.2, 0.25) is 0 Å². The van der Waals surface area contributed by atoms with Gasteiger partial charge in [0.05, 0.1) is 25.2 Å². The van der Waals surface area contributed by atoms with Gasteiger partial charge in [0.2, 0.25) is 15.3 Å². The molecule has 0 aromatic carbocycles. The standard InChI is InChI=1S/C7H16N4O5S/c1-15-9-17(13,14)7-6-16-8-11(12)10-4-2-3-5-10/h9H,2-7H2,1H3/b11-8-. The van der Waals surface area contributed by atoms with Crippen molar-refractivity contribution in [1.82, 2.24) is 9.89 Å². The van der Waals surface area contributed by atoms with Crippen LogP contribution in [0.1, 0.15) is 12.8 Å². The van der Waals surface area contributed by atoms with Crippen LogP contribution in [0.3, 0.4) is 0 Å². The van der Waals surface area contributed by atoms with Crippen LogP contribution in [-0.4, -0.2) is 51.0 Å². The molecule has 0 spiro atoms. The number of sulfonamides is 1. The van der Waals surface area contributed by atoms with Crippen molar-refractivity contribution in [1.29, 1.82) is 0 Å². The first kappa shape index (κ1) is 13.9. The fourth-order valence-electron chi connectivity index (χ4n) is 1.33. The minimum absolute atomic E-state index is 0.217. The third-order valence-electron chi connectivity index (χ3n) is 2.11. The van der Waals surface area contributed by atoms with Gasteiger partial charge >= 0.3 is 0 Å². The van der Waals surface area contributed by atoms with Gasteiger partial charge in [-0.2, -0.15) is 0 Å². The minimum Gasteiger partial charge on any atom is -0.569 e. The zero-order valence-corrected chi connectivity index (χ0v) is 10.4. The summed E-state index contributed by atoms with van der Waals surface area (Å²) in [4.78, 5) is 11.0. The largest absolute Gasteiger partial charge is 0.569 e. The fraction of sp³-hybridized carbons (Fsp3) is 1.00. The number of nitrogens with zero attached hydrogens (tertiary/aromatic N) is 3. The summed E-state index contributed by atoms with van der Waals surface area (Å²) in [5.41, 5.74) is 0. The summed E-state index contributed by atoms with van der Waals surface area (Å²) >= 11 is 0. The Hall–Kier alpha value is -1.13. The predicted octanol–water partition coefficient (Wildman–Crippen LogP) is -0.628. The van der Waals surface area contributed by atoms with Gasteiger partial charge in [-0.3, -0.25) is 4.84 Å². The number of hydrogen-bond donors (Lipinski definition) is 1. The van der Waals surface area contributed by atoms with Crippen LogP contribution >= 0.6 is 0 Å². The van der Waals surface area contributed by atoms with Gasteiger partial charge < -0.3 is 10.0 Å². The molecule has 9 nitrogen and oxygen atoms in total. The Labute approximate surface area is 99.5 Å². The van der Waals surface area contributed by atoms with Crippen molar-refractivity contribution >= 4 is 10.0 Å².